The topological polar surface area (TPSA) is 80.9 Å². The van der Waals surface area contributed by atoms with Crippen LogP contribution in [0.2, 0.25) is 0 Å². The summed E-state index contributed by atoms with van der Waals surface area (Å²) >= 11 is 1.56. The highest BCUT2D eigenvalue weighted by molar-refractivity contribution is 7.13. The molecule has 0 aliphatic rings. The van der Waals surface area contributed by atoms with E-state index in [1.54, 1.807) is 17.5 Å². The lowest BCUT2D eigenvalue weighted by atomic mass is 10.1. The molecule has 0 aliphatic carbocycles. The fourth-order valence-electron chi connectivity index (χ4n) is 3.27. The molecule has 0 aliphatic heterocycles. The first-order valence-electron chi connectivity index (χ1n) is 9.37. The molecule has 0 saturated heterocycles. The molecule has 30 heavy (non-hydrogen) atoms. The molecule has 146 valence electrons. The molecule has 3 heterocycles. The molecule has 0 unspecified atom stereocenters. The molecule has 5 rings (SSSR count). The maximum Gasteiger partial charge on any atom is 0.274 e. The van der Waals surface area contributed by atoms with Gasteiger partial charge in [-0.2, -0.15) is 4.98 Å². The number of rotatable bonds is 5. The van der Waals surface area contributed by atoms with Crippen LogP contribution in [0.4, 0.5) is 5.69 Å². The van der Waals surface area contributed by atoms with Gasteiger partial charge in [0.15, 0.2) is 0 Å². The zero-order chi connectivity index (χ0) is 20.3. The van der Waals surface area contributed by atoms with Gasteiger partial charge in [-0.15, -0.1) is 11.3 Å². The van der Waals surface area contributed by atoms with Crippen molar-refractivity contribution in [2.45, 2.75) is 6.42 Å². The maximum atomic E-state index is 13.0. The van der Waals surface area contributed by atoms with E-state index in [9.17, 15) is 4.79 Å². The molecular formula is C23H16N4O2S. The van der Waals surface area contributed by atoms with Crippen molar-refractivity contribution >= 4 is 33.7 Å². The van der Waals surface area contributed by atoms with Gasteiger partial charge in [0, 0.05) is 17.3 Å². The van der Waals surface area contributed by atoms with Crippen molar-refractivity contribution < 1.29 is 9.32 Å². The van der Waals surface area contributed by atoms with Gasteiger partial charge in [-0.1, -0.05) is 53.7 Å². The van der Waals surface area contributed by atoms with Crippen LogP contribution in [0.3, 0.4) is 0 Å². The zero-order valence-electron chi connectivity index (χ0n) is 15.8. The van der Waals surface area contributed by atoms with Crippen molar-refractivity contribution in [3.05, 3.63) is 95.5 Å². The van der Waals surface area contributed by atoms with Gasteiger partial charge in [-0.3, -0.25) is 9.78 Å². The second-order valence-electron chi connectivity index (χ2n) is 6.66. The molecule has 0 spiro atoms. The van der Waals surface area contributed by atoms with Crippen LogP contribution < -0.4 is 5.32 Å². The molecule has 0 fully saturated rings. The number of thiophene rings is 1. The predicted molar refractivity (Wildman–Crippen MR) is 117 cm³/mol. The summed E-state index contributed by atoms with van der Waals surface area (Å²) in [5.41, 5.74) is 1.96. The summed E-state index contributed by atoms with van der Waals surface area (Å²) in [6.07, 6.45) is 2.06. The lowest BCUT2D eigenvalue weighted by Crippen LogP contribution is -2.15. The predicted octanol–water partition coefficient (Wildman–Crippen LogP) is 5.19. The van der Waals surface area contributed by atoms with Gasteiger partial charge in [0.1, 0.15) is 5.69 Å². The minimum Gasteiger partial charge on any atom is -0.339 e. The van der Waals surface area contributed by atoms with E-state index in [0.29, 0.717) is 29.5 Å². The summed E-state index contributed by atoms with van der Waals surface area (Å²) in [6, 6.07) is 21.1. The number of amides is 1. The number of hydrogen-bond donors (Lipinski definition) is 1. The van der Waals surface area contributed by atoms with Crippen LogP contribution in [0, 0.1) is 0 Å². The standard InChI is InChI=1S/C23H16N4O2S/c28-23(21-17-8-3-1-6-15(17)11-12-24-21)25-18-9-4-2-7-16(18)14-20-26-22(27-29-20)19-10-5-13-30-19/h1-13H,14H2,(H,25,28). The van der Waals surface area contributed by atoms with Gasteiger partial charge in [-0.25, -0.2) is 0 Å². The van der Waals surface area contributed by atoms with E-state index in [1.165, 1.54) is 0 Å². The number of pyridine rings is 1. The molecule has 1 amide bonds. The lowest BCUT2D eigenvalue weighted by molar-refractivity contribution is 0.102. The van der Waals surface area contributed by atoms with Crippen LogP contribution in [-0.2, 0) is 6.42 Å². The fraction of sp³-hybridized carbons (Fsp3) is 0.0435. The van der Waals surface area contributed by atoms with Crippen LogP contribution in [0.1, 0.15) is 21.9 Å². The number of aromatic nitrogens is 3. The van der Waals surface area contributed by atoms with E-state index in [0.717, 1.165) is 21.2 Å². The van der Waals surface area contributed by atoms with E-state index in [-0.39, 0.29) is 5.91 Å². The Morgan fingerprint density at radius 3 is 2.77 bits per heavy atom. The molecule has 0 radical (unpaired) electrons. The Kier molecular flexibility index (Phi) is 4.78. The number of carbonyl (C=O) groups excluding carboxylic acids is 1. The Balaban J connectivity index is 1.40. The second-order valence-corrected chi connectivity index (χ2v) is 7.61. The van der Waals surface area contributed by atoms with Crippen molar-refractivity contribution in [3.8, 4) is 10.7 Å². The number of hydrogen-bond acceptors (Lipinski definition) is 6. The number of carbonyl (C=O) groups is 1. The van der Waals surface area contributed by atoms with Gasteiger partial charge in [0.05, 0.1) is 11.3 Å². The maximum absolute atomic E-state index is 13.0. The highest BCUT2D eigenvalue weighted by atomic mass is 32.1. The largest absolute Gasteiger partial charge is 0.339 e. The number of para-hydroxylation sites is 1. The Bertz CT molecular complexity index is 1320. The molecule has 0 bridgehead atoms. The van der Waals surface area contributed by atoms with Crippen molar-refractivity contribution in [3.63, 3.8) is 0 Å². The number of anilines is 1. The highest BCUT2D eigenvalue weighted by Gasteiger charge is 2.16. The smallest absolute Gasteiger partial charge is 0.274 e. The fourth-order valence-corrected chi connectivity index (χ4v) is 3.92. The van der Waals surface area contributed by atoms with Crippen LogP contribution in [0.5, 0.6) is 0 Å². The molecule has 1 N–H and O–H groups in total. The molecule has 0 saturated carbocycles. The van der Waals surface area contributed by atoms with Gasteiger partial charge >= 0.3 is 0 Å². The first-order valence-corrected chi connectivity index (χ1v) is 10.3. The molecular weight excluding hydrogens is 396 g/mol. The van der Waals surface area contributed by atoms with Gasteiger partial charge in [0.2, 0.25) is 11.7 Å². The minimum absolute atomic E-state index is 0.260. The average Bonchev–Trinajstić information content (AvgIpc) is 3.47. The molecule has 2 aromatic carbocycles. The molecule has 6 nitrogen and oxygen atoms in total. The van der Waals surface area contributed by atoms with Crippen molar-refractivity contribution in [2.75, 3.05) is 5.32 Å². The first kappa shape index (κ1) is 18.2. The normalized spacial score (nSPS) is 10.9. The Labute approximate surface area is 176 Å². The minimum atomic E-state index is -0.260. The first-order chi connectivity index (χ1) is 14.8. The quantitative estimate of drug-likeness (QED) is 0.430. The van der Waals surface area contributed by atoms with Crippen molar-refractivity contribution in [1.82, 2.24) is 15.1 Å². The summed E-state index contributed by atoms with van der Waals surface area (Å²) in [6.45, 7) is 0. The van der Waals surface area contributed by atoms with E-state index in [4.69, 9.17) is 4.52 Å². The highest BCUT2D eigenvalue weighted by Crippen LogP contribution is 2.24. The van der Waals surface area contributed by atoms with Crippen molar-refractivity contribution in [2.24, 2.45) is 0 Å². The number of nitrogens with zero attached hydrogens (tertiary/aromatic N) is 3. The zero-order valence-corrected chi connectivity index (χ0v) is 16.6. The Hall–Kier alpha value is -3.84. The third kappa shape index (κ3) is 3.58. The third-order valence-electron chi connectivity index (χ3n) is 4.71. The Morgan fingerprint density at radius 2 is 1.87 bits per heavy atom. The molecule has 7 heteroatoms. The van der Waals surface area contributed by atoms with E-state index in [1.807, 2.05) is 72.1 Å². The third-order valence-corrected chi connectivity index (χ3v) is 5.57. The number of benzene rings is 2. The summed E-state index contributed by atoms with van der Waals surface area (Å²) in [5, 5.41) is 10.8. The van der Waals surface area contributed by atoms with Crippen LogP contribution >= 0.6 is 11.3 Å². The van der Waals surface area contributed by atoms with Crippen molar-refractivity contribution in [1.29, 1.82) is 0 Å². The van der Waals surface area contributed by atoms with Gasteiger partial charge < -0.3 is 9.84 Å². The van der Waals surface area contributed by atoms with E-state index < -0.39 is 0 Å². The monoisotopic (exact) mass is 412 g/mol. The number of nitrogens with one attached hydrogen (secondary N) is 1. The summed E-state index contributed by atoms with van der Waals surface area (Å²) < 4.78 is 5.42. The molecule has 0 atom stereocenters. The second kappa shape index (κ2) is 7.88. The Morgan fingerprint density at radius 1 is 1.00 bits per heavy atom. The van der Waals surface area contributed by atoms with E-state index in [2.05, 4.69) is 20.4 Å². The van der Waals surface area contributed by atoms with Crippen LogP contribution in [0.25, 0.3) is 21.5 Å². The average molecular weight is 412 g/mol. The van der Waals surface area contributed by atoms with E-state index >= 15 is 0 Å². The van der Waals surface area contributed by atoms with Crippen LogP contribution in [0.15, 0.2) is 82.8 Å². The summed E-state index contributed by atoms with van der Waals surface area (Å²) in [5.74, 6) is 0.800. The van der Waals surface area contributed by atoms with Crippen LogP contribution in [-0.4, -0.2) is 21.0 Å². The van der Waals surface area contributed by atoms with Gasteiger partial charge in [-0.05, 0) is 34.5 Å². The lowest BCUT2D eigenvalue weighted by Gasteiger charge is -2.10. The SMILES string of the molecule is O=C(Nc1ccccc1Cc1nc(-c2cccs2)no1)c1nccc2ccccc12. The van der Waals surface area contributed by atoms with Gasteiger partial charge in [0.25, 0.3) is 5.91 Å². The number of fused-ring (bicyclic) bond motifs is 1. The molecule has 3 aromatic heterocycles. The molecule has 5 aromatic rings. The summed E-state index contributed by atoms with van der Waals surface area (Å²) in [7, 11) is 0. The summed E-state index contributed by atoms with van der Waals surface area (Å²) in [4.78, 5) is 22.7.